The molecular formula is C18H19N3O3S. The van der Waals surface area contributed by atoms with Crippen LogP contribution in [0.3, 0.4) is 0 Å². The number of rotatable bonds is 3. The molecule has 7 heteroatoms. The number of thiophene rings is 1. The molecule has 130 valence electrons. The highest BCUT2D eigenvalue weighted by molar-refractivity contribution is 7.19. The lowest BCUT2D eigenvalue weighted by Gasteiger charge is -2.16. The predicted octanol–water partition coefficient (Wildman–Crippen LogP) is 2.85. The van der Waals surface area contributed by atoms with Crippen molar-refractivity contribution < 1.29 is 14.9 Å². The molecule has 0 bridgehead atoms. The van der Waals surface area contributed by atoms with E-state index in [4.69, 9.17) is 4.74 Å². The van der Waals surface area contributed by atoms with Gasteiger partial charge in [-0.3, -0.25) is 0 Å². The number of phenolic OH excluding ortho intramolecular Hbond substituents is 1. The van der Waals surface area contributed by atoms with Crippen molar-refractivity contribution in [2.24, 2.45) is 0 Å². The number of nitrogens with one attached hydrogen (secondary N) is 1. The van der Waals surface area contributed by atoms with E-state index in [-0.39, 0.29) is 11.8 Å². The van der Waals surface area contributed by atoms with Crippen LogP contribution in [0.25, 0.3) is 21.3 Å². The molecule has 3 N–H and O–H groups in total. The molecule has 3 heterocycles. The molecule has 2 unspecified atom stereocenters. The zero-order chi connectivity index (χ0) is 17.6. The molecule has 1 saturated heterocycles. The van der Waals surface area contributed by atoms with Crippen molar-refractivity contribution >= 4 is 27.2 Å². The van der Waals surface area contributed by atoms with Crippen molar-refractivity contribution in [2.75, 3.05) is 18.5 Å². The maximum Gasteiger partial charge on any atom is 0.149 e. The molecule has 3 aromatic rings. The van der Waals surface area contributed by atoms with E-state index in [9.17, 15) is 10.2 Å². The van der Waals surface area contributed by atoms with E-state index < -0.39 is 6.10 Å². The SMILES string of the molecule is Cc1cc2c(O)c(-c3nnc(NC4COCC4O)cc3C)ccc2s1. The molecule has 0 aliphatic carbocycles. The smallest absolute Gasteiger partial charge is 0.149 e. The Labute approximate surface area is 149 Å². The van der Waals surface area contributed by atoms with Crippen molar-refractivity contribution in [2.45, 2.75) is 26.0 Å². The van der Waals surface area contributed by atoms with Crippen molar-refractivity contribution in [1.29, 1.82) is 0 Å². The second-order valence-electron chi connectivity index (χ2n) is 6.35. The minimum atomic E-state index is -0.546. The summed E-state index contributed by atoms with van der Waals surface area (Å²) in [6.45, 7) is 4.73. The first-order chi connectivity index (χ1) is 12.0. The van der Waals surface area contributed by atoms with Gasteiger partial charge in [0.05, 0.1) is 31.1 Å². The fourth-order valence-corrected chi connectivity index (χ4v) is 4.03. The van der Waals surface area contributed by atoms with Gasteiger partial charge in [0.25, 0.3) is 0 Å². The van der Waals surface area contributed by atoms with Crippen LogP contribution in [-0.2, 0) is 4.74 Å². The summed E-state index contributed by atoms with van der Waals surface area (Å²) in [7, 11) is 0. The van der Waals surface area contributed by atoms with Gasteiger partial charge in [-0.25, -0.2) is 0 Å². The van der Waals surface area contributed by atoms with Crippen molar-refractivity contribution in [3.63, 3.8) is 0 Å². The van der Waals surface area contributed by atoms with Crippen molar-refractivity contribution in [3.8, 4) is 17.0 Å². The van der Waals surface area contributed by atoms with Crippen LogP contribution in [0.4, 0.5) is 5.82 Å². The molecule has 1 aliphatic rings. The molecule has 0 saturated carbocycles. The maximum atomic E-state index is 10.6. The van der Waals surface area contributed by atoms with Gasteiger partial charge in [0.1, 0.15) is 11.6 Å². The summed E-state index contributed by atoms with van der Waals surface area (Å²) in [5.41, 5.74) is 2.22. The third-order valence-corrected chi connectivity index (χ3v) is 5.43. The lowest BCUT2D eigenvalue weighted by Crippen LogP contribution is -2.32. The highest BCUT2D eigenvalue weighted by atomic mass is 32.1. The third kappa shape index (κ3) is 2.95. The number of phenols is 1. The van der Waals surface area contributed by atoms with Gasteiger partial charge < -0.3 is 20.3 Å². The van der Waals surface area contributed by atoms with Crippen molar-refractivity contribution in [3.05, 3.63) is 34.7 Å². The Balaban J connectivity index is 1.68. The highest BCUT2D eigenvalue weighted by Gasteiger charge is 2.26. The maximum absolute atomic E-state index is 10.6. The molecule has 4 rings (SSSR count). The van der Waals surface area contributed by atoms with Gasteiger partial charge in [-0.05, 0) is 43.7 Å². The van der Waals surface area contributed by atoms with Crippen LogP contribution in [-0.4, -0.2) is 45.8 Å². The van der Waals surface area contributed by atoms with E-state index in [2.05, 4.69) is 15.5 Å². The monoisotopic (exact) mass is 357 g/mol. The van der Waals surface area contributed by atoms with Crippen LogP contribution in [0.15, 0.2) is 24.3 Å². The topological polar surface area (TPSA) is 87.5 Å². The number of benzene rings is 1. The van der Waals surface area contributed by atoms with Crippen LogP contribution < -0.4 is 5.32 Å². The lowest BCUT2D eigenvalue weighted by molar-refractivity contribution is 0.125. The third-order valence-electron chi connectivity index (χ3n) is 4.42. The van der Waals surface area contributed by atoms with E-state index >= 15 is 0 Å². The number of aromatic hydroxyl groups is 1. The number of aliphatic hydroxyl groups is 1. The number of fused-ring (bicyclic) bond motifs is 1. The Hall–Kier alpha value is -2.22. The molecule has 0 spiro atoms. The summed E-state index contributed by atoms with van der Waals surface area (Å²) in [6, 6.07) is 7.56. The van der Waals surface area contributed by atoms with E-state index in [0.29, 0.717) is 30.3 Å². The molecule has 6 nitrogen and oxygen atoms in total. The number of aryl methyl sites for hydroxylation is 2. The first-order valence-electron chi connectivity index (χ1n) is 8.12. The Morgan fingerprint density at radius 1 is 1.20 bits per heavy atom. The Bertz CT molecular complexity index is 941. The van der Waals surface area contributed by atoms with E-state index in [0.717, 1.165) is 20.5 Å². The zero-order valence-electron chi connectivity index (χ0n) is 14.0. The number of nitrogens with zero attached hydrogens (tertiary/aromatic N) is 2. The first-order valence-corrected chi connectivity index (χ1v) is 8.94. The Morgan fingerprint density at radius 2 is 2.04 bits per heavy atom. The average Bonchev–Trinajstić information content (AvgIpc) is 3.15. The van der Waals surface area contributed by atoms with Gasteiger partial charge in [-0.1, -0.05) is 0 Å². The average molecular weight is 357 g/mol. The van der Waals surface area contributed by atoms with Gasteiger partial charge in [0.15, 0.2) is 0 Å². The summed E-state index contributed by atoms with van der Waals surface area (Å²) in [5, 5.41) is 33.0. The minimum Gasteiger partial charge on any atom is -0.507 e. The summed E-state index contributed by atoms with van der Waals surface area (Å²) < 4.78 is 6.28. The van der Waals surface area contributed by atoms with E-state index in [1.54, 1.807) is 11.3 Å². The normalized spacial score (nSPS) is 20.3. The van der Waals surface area contributed by atoms with Crippen LogP contribution >= 0.6 is 11.3 Å². The largest absolute Gasteiger partial charge is 0.507 e. The number of aromatic nitrogens is 2. The van der Waals surface area contributed by atoms with Crippen LogP contribution in [0.1, 0.15) is 10.4 Å². The lowest BCUT2D eigenvalue weighted by atomic mass is 10.0. The molecule has 2 atom stereocenters. The standard InChI is InChI=1S/C18H19N3O3S/c1-9-5-16(19-13-7-24-8-14(13)22)20-21-17(9)11-3-4-15-12(18(11)23)6-10(2)25-15/h3-6,13-14,22-23H,7-8H2,1-2H3,(H,19,20). The molecule has 2 aromatic heterocycles. The van der Waals surface area contributed by atoms with Gasteiger partial charge in [0.2, 0.25) is 0 Å². The summed E-state index contributed by atoms with van der Waals surface area (Å²) in [4.78, 5) is 1.15. The molecule has 0 radical (unpaired) electrons. The summed E-state index contributed by atoms with van der Waals surface area (Å²) in [5.74, 6) is 0.822. The van der Waals surface area contributed by atoms with Crippen LogP contribution in [0, 0.1) is 13.8 Å². The number of anilines is 1. The molecular weight excluding hydrogens is 338 g/mol. The van der Waals surface area contributed by atoms with Gasteiger partial charge in [0, 0.05) is 20.5 Å². The Kier molecular flexibility index (Phi) is 4.07. The van der Waals surface area contributed by atoms with Gasteiger partial charge in [-0.2, -0.15) is 0 Å². The van der Waals surface area contributed by atoms with Gasteiger partial charge in [-0.15, -0.1) is 21.5 Å². The second-order valence-corrected chi connectivity index (χ2v) is 7.64. The van der Waals surface area contributed by atoms with Crippen LogP contribution in [0.2, 0.25) is 0 Å². The first kappa shape index (κ1) is 16.3. The fourth-order valence-electron chi connectivity index (χ4n) is 3.11. The quantitative estimate of drug-likeness (QED) is 0.668. The minimum absolute atomic E-state index is 0.182. The van der Waals surface area contributed by atoms with E-state index in [1.165, 1.54) is 0 Å². The molecule has 1 fully saturated rings. The highest BCUT2D eigenvalue weighted by Crippen LogP contribution is 2.39. The number of hydrogen-bond donors (Lipinski definition) is 3. The number of aliphatic hydroxyl groups excluding tert-OH is 1. The second kappa shape index (κ2) is 6.25. The number of ether oxygens (including phenoxy) is 1. The Morgan fingerprint density at radius 3 is 2.76 bits per heavy atom. The summed E-state index contributed by atoms with van der Waals surface area (Å²) >= 11 is 1.65. The molecule has 25 heavy (non-hydrogen) atoms. The van der Waals surface area contributed by atoms with Crippen molar-refractivity contribution in [1.82, 2.24) is 10.2 Å². The number of hydrogen-bond acceptors (Lipinski definition) is 7. The van der Waals surface area contributed by atoms with Crippen LogP contribution in [0.5, 0.6) is 5.75 Å². The molecule has 1 aromatic carbocycles. The fraction of sp³-hybridized carbons (Fsp3) is 0.333. The zero-order valence-corrected chi connectivity index (χ0v) is 14.8. The summed E-state index contributed by atoms with van der Waals surface area (Å²) in [6.07, 6.45) is -0.546. The molecule has 1 aliphatic heterocycles. The predicted molar refractivity (Wildman–Crippen MR) is 98.2 cm³/mol. The van der Waals surface area contributed by atoms with Gasteiger partial charge >= 0.3 is 0 Å². The van der Waals surface area contributed by atoms with E-state index in [1.807, 2.05) is 38.1 Å². The molecule has 0 amide bonds.